The summed E-state index contributed by atoms with van der Waals surface area (Å²) in [7, 11) is 0. The lowest BCUT2D eigenvalue weighted by Crippen LogP contribution is -2.21. The Balaban J connectivity index is 1.81. The van der Waals surface area contributed by atoms with E-state index >= 15 is 0 Å². The van der Waals surface area contributed by atoms with Gasteiger partial charge in [-0.15, -0.1) is 0 Å². The summed E-state index contributed by atoms with van der Waals surface area (Å²) in [6.45, 7) is 2.66. The molecule has 0 atom stereocenters. The average molecular weight is 300 g/mol. The maximum atomic E-state index is 6.08. The van der Waals surface area contributed by atoms with Gasteiger partial charge in [0.15, 0.2) is 5.71 Å². The summed E-state index contributed by atoms with van der Waals surface area (Å²) in [6.07, 6.45) is 2.12. The molecule has 0 bridgehead atoms. The molecule has 0 saturated carbocycles. The fraction of sp³-hybridized carbons (Fsp3) is 0.0952. The van der Waals surface area contributed by atoms with Crippen LogP contribution in [0.25, 0.3) is 16.5 Å². The van der Waals surface area contributed by atoms with Crippen molar-refractivity contribution < 1.29 is 9.31 Å². The molecule has 3 aromatic rings. The highest BCUT2D eigenvalue weighted by Gasteiger charge is 2.21. The van der Waals surface area contributed by atoms with Gasteiger partial charge < -0.3 is 4.74 Å². The Morgan fingerprint density at radius 3 is 2.39 bits per heavy atom. The Bertz CT molecular complexity index is 917. The van der Waals surface area contributed by atoms with Crippen molar-refractivity contribution in [2.24, 2.45) is 0 Å². The van der Waals surface area contributed by atoms with E-state index in [1.807, 2.05) is 18.2 Å². The molecular formula is C21H18NO+. The second-order valence-corrected chi connectivity index (χ2v) is 5.71. The number of benzene rings is 3. The van der Waals surface area contributed by atoms with Crippen molar-refractivity contribution in [3.63, 3.8) is 0 Å². The zero-order valence-electron chi connectivity index (χ0n) is 13.1. The summed E-state index contributed by atoms with van der Waals surface area (Å²) in [5, 5.41) is 2.46. The van der Waals surface area contributed by atoms with Gasteiger partial charge in [0.2, 0.25) is 5.69 Å². The van der Waals surface area contributed by atoms with E-state index in [1.54, 1.807) is 0 Å². The molecule has 0 unspecified atom stereocenters. The molecule has 0 amide bonds. The summed E-state index contributed by atoms with van der Waals surface area (Å²) in [6, 6.07) is 25.1. The van der Waals surface area contributed by atoms with Gasteiger partial charge in [-0.05, 0) is 10.8 Å². The molecule has 1 aliphatic heterocycles. The highest BCUT2D eigenvalue weighted by Crippen LogP contribution is 2.28. The monoisotopic (exact) mass is 300 g/mol. The van der Waals surface area contributed by atoms with Crippen LogP contribution < -0.4 is 0 Å². The molecular weight excluding hydrogens is 282 g/mol. The van der Waals surface area contributed by atoms with Gasteiger partial charge in [0.1, 0.15) is 5.76 Å². The van der Waals surface area contributed by atoms with Crippen LogP contribution in [0.4, 0.5) is 5.69 Å². The molecule has 4 rings (SSSR count). The van der Waals surface area contributed by atoms with Crippen LogP contribution in [0.15, 0.2) is 78.9 Å². The predicted octanol–water partition coefficient (Wildman–Crippen LogP) is 4.97. The lowest BCUT2D eigenvalue weighted by molar-refractivity contribution is -0.484. The molecule has 0 aliphatic carbocycles. The molecule has 0 fully saturated rings. The molecule has 0 saturated heterocycles. The van der Waals surface area contributed by atoms with Gasteiger partial charge in [-0.25, -0.2) is 0 Å². The van der Waals surface area contributed by atoms with Crippen molar-refractivity contribution in [3.8, 4) is 0 Å². The van der Waals surface area contributed by atoms with Crippen molar-refractivity contribution >= 4 is 27.9 Å². The van der Waals surface area contributed by atoms with E-state index in [-0.39, 0.29) is 0 Å². The standard InChI is InChI=1S/C21H18NO/c1-16-14-21(23-15-22(16)18-10-3-2-4-11-18)20-13-7-9-17-8-5-6-12-19(17)20/h2-14H,15H2,1H3/q+1. The Morgan fingerprint density at radius 1 is 0.826 bits per heavy atom. The Hall–Kier alpha value is -2.87. The number of nitrogens with zero attached hydrogens (tertiary/aromatic N) is 1. The lowest BCUT2D eigenvalue weighted by Gasteiger charge is -2.16. The molecule has 0 spiro atoms. The molecule has 0 aromatic heterocycles. The Kier molecular flexibility index (Phi) is 3.43. The van der Waals surface area contributed by atoms with E-state index in [2.05, 4.69) is 72.2 Å². The number of hydrogen-bond acceptors (Lipinski definition) is 1. The van der Waals surface area contributed by atoms with Gasteiger partial charge in [0.25, 0.3) is 6.73 Å². The van der Waals surface area contributed by atoms with Gasteiger partial charge in [0.05, 0.1) is 0 Å². The van der Waals surface area contributed by atoms with E-state index in [4.69, 9.17) is 4.74 Å². The number of rotatable bonds is 2. The summed E-state index contributed by atoms with van der Waals surface area (Å²) >= 11 is 0. The number of hydrogen-bond donors (Lipinski definition) is 0. The maximum Gasteiger partial charge on any atom is 0.292 e. The van der Waals surface area contributed by atoms with E-state index in [0.717, 1.165) is 17.0 Å². The van der Waals surface area contributed by atoms with Crippen LogP contribution in [0.1, 0.15) is 12.5 Å². The molecule has 2 nitrogen and oxygen atoms in total. The van der Waals surface area contributed by atoms with Gasteiger partial charge in [-0.3, -0.25) is 0 Å². The fourth-order valence-corrected chi connectivity index (χ4v) is 3.03. The molecule has 23 heavy (non-hydrogen) atoms. The third kappa shape index (κ3) is 2.53. The van der Waals surface area contributed by atoms with E-state index in [1.165, 1.54) is 16.5 Å². The molecule has 0 radical (unpaired) electrons. The Morgan fingerprint density at radius 2 is 1.57 bits per heavy atom. The third-order valence-electron chi connectivity index (χ3n) is 4.24. The van der Waals surface area contributed by atoms with Crippen molar-refractivity contribution in [2.75, 3.05) is 6.73 Å². The third-order valence-corrected chi connectivity index (χ3v) is 4.24. The van der Waals surface area contributed by atoms with Gasteiger partial charge in [-0.1, -0.05) is 60.7 Å². The van der Waals surface area contributed by atoms with Gasteiger partial charge >= 0.3 is 0 Å². The first-order valence-corrected chi connectivity index (χ1v) is 7.82. The molecule has 1 aliphatic rings. The van der Waals surface area contributed by atoms with Crippen LogP contribution in [0.5, 0.6) is 0 Å². The van der Waals surface area contributed by atoms with Crippen LogP contribution in [-0.2, 0) is 4.74 Å². The summed E-state index contributed by atoms with van der Waals surface area (Å²) in [4.78, 5) is 0. The van der Waals surface area contributed by atoms with Crippen LogP contribution in [0, 0.1) is 0 Å². The minimum absolute atomic E-state index is 0.533. The van der Waals surface area contributed by atoms with Crippen LogP contribution >= 0.6 is 0 Å². The van der Waals surface area contributed by atoms with E-state index in [0.29, 0.717) is 6.73 Å². The maximum absolute atomic E-state index is 6.08. The lowest BCUT2D eigenvalue weighted by atomic mass is 10.0. The molecule has 3 aromatic carbocycles. The second-order valence-electron chi connectivity index (χ2n) is 5.71. The van der Waals surface area contributed by atoms with Crippen molar-refractivity contribution in [1.29, 1.82) is 0 Å². The molecule has 2 heteroatoms. The number of para-hydroxylation sites is 1. The van der Waals surface area contributed by atoms with Crippen molar-refractivity contribution in [2.45, 2.75) is 6.92 Å². The fourth-order valence-electron chi connectivity index (χ4n) is 3.03. The predicted molar refractivity (Wildman–Crippen MR) is 94.9 cm³/mol. The van der Waals surface area contributed by atoms with E-state index in [9.17, 15) is 0 Å². The normalized spacial score (nSPS) is 14.6. The SMILES string of the molecule is CC1=[N+](c2ccccc2)COC(c2cccc3ccccc23)=C1. The molecule has 112 valence electrons. The smallest absolute Gasteiger partial charge is 0.292 e. The molecule has 1 heterocycles. The summed E-state index contributed by atoms with van der Waals surface area (Å²) < 4.78 is 8.25. The van der Waals surface area contributed by atoms with Crippen LogP contribution in [0.3, 0.4) is 0 Å². The van der Waals surface area contributed by atoms with Gasteiger partial charge in [0, 0.05) is 30.7 Å². The first-order chi connectivity index (χ1) is 11.3. The van der Waals surface area contributed by atoms with Crippen LogP contribution in [0.2, 0.25) is 0 Å². The summed E-state index contributed by atoms with van der Waals surface area (Å²) in [5.74, 6) is 0.937. The largest absolute Gasteiger partial charge is 0.435 e. The first kappa shape index (κ1) is 13.8. The minimum atomic E-state index is 0.533. The Labute approximate surface area is 136 Å². The van der Waals surface area contributed by atoms with Crippen molar-refractivity contribution in [1.82, 2.24) is 0 Å². The first-order valence-electron chi connectivity index (χ1n) is 7.82. The number of allylic oxidation sites excluding steroid dienone is 1. The number of fused-ring (bicyclic) bond motifs is 1. The minimum Gasteiger partial charge on any atom is -0.435 e. The highest BCUT2D eigenvalue weighted by atomic mass is 16.5. The quantitative estimate of drug-likeness (QED) is 0.608. The van der Waals surface area contributed by atoms with Gasteiger partial charge in [-0.2, -0.15) is 4.58 Å². The van der Waals surface area contributed by atoms with Crippen molar-refractivity contribution in [3.05, 3.63) is 84.4 Å². The highest BCUT2D eigenvalue weighted by molar-refractivity contribution is 6.00. The number of ether oxygens (including phenoxy) is 1. The zero-order chi connectivity index (χ0) is 15.6. The topological polar surface area (TPSA) is 12.2 Å². The molecule has 0 N–H and O–H groups in total. The second kappa shape index (κ2) is 5.73. The van der Waals surface area contributed by atoms with E-state index < -0.39 is 0 Å². The average Bonchev–Trinajstić information content (AvgIpc) is 2.62. The zero-order valence-corrected chi connectivity index (χ0v) is 13.1. The summed E-state index contributed by atoms with van der Waals surface area (Å²) in [5.41, 5.74) is 3.48. The van der Waals surface area contributed by atoms with Crippen LogP contribution in [-0.4, -0.2) is 17.0 Å².